The molecule has 0 saturated carbocycles. The highest BCUT2D eigenvalue weighted by molar-refractivity contribution is 7.98. The summed E-state index contributed by atoms with van der Waals surface area (Å²) in [5.74, 6) is 1.23. The Kier molecular flexibility index (Phi) is 3.86. The first kappa shape index (κ1) is 12.9. The van der Waals surface area contributed by atoms with E-state index in [1.807, 2.05) is 29.7 Å². The molecule has 0 fully saturated rings. The third kappa shape index (κ3) is 2.81. The summed E-state index contributed by atoms with van der Waals surface area (Å²) in [4.78, 5) is 4.46. The molecule has 0 saturated heterocycles. The van der Waals surface area contributed by atoms with Gasteiger partial charge in [0.25, 0.3) is 0 Å². The Morgan fingerprint density at radius 3 is 2.78 bits per heavy atom. The van der Waals surface area contributed by atoms with E-state index >= 15 is 0 Å². The first-order valence-corrected chi connectivity index (χ1v) is 6.82. The van der Waals surface area contributed by atoms with Crippen LogP contribution in [0.4, 0.5) is 5.95 Å². The molecule has 2 rings (SSSR count). The van der Waals surface area contributed by atoms with Crippen LogP contribution in [0.1, 0.15) is 31.3 Å². The van der Waals surface area contributed by atoms with E-state index < -0.39 is 0 Å². The van der Waals surface area contributed by atoms with E-state index in [1.165, 1.54) is 0 Å². The molecule has 0 amide bonds. The Hall–Kier alpha value is -1.56. The highest BCUT2D eigenvalue weighted by Crippen LogP contribution is 2.25. The van der Waals surface area contributed by atoms with Crippen LogP contribution in [0.2, 0.25) is 0 Å². The second-order valence-electron chi connectivity index (χ2n) is 4.36. The summed E-state index contributed by atoms with van der Waals surface area (Å²) in [5, 5.41) is 8.85. The summed E-state index contributed by atoms with van der Waals surface area (Å²) in [6, 6.07) is 6.27. The van der Waals surface area contributed by atoms with Crippen LogP contribution in [0.25, 0.3) is 0 Å². The maximum atomic E-state index is 5.80. The number of anilines is 1. The molecule has 0 radical (unpaired) electrons. The maximum Gasteiger partial charge on any atom is 0.222 e. The van der Waals surface area contributed by atoms with Gasteiger partial charge in [0, 0.05) is 17.5 Å². The zero-order valence-corrected chi connectivity index (χ0v) is 11.6. The molecule has 0 atom stereocenters. The summed E-state index contributed by atoms with van der Waals surface area (Å²) in [6.07, 6.45) is 0. The van der Waals surface area contributed by atoms with Crippen LogP contribution >= 0.6 is 11.8 Å². The van der Waals surface area contributed by atoms with Gasteiger partial charge in [-0.05, 0) is 32.9 Å². The molecular formula is C12H17N5S. The van der Waals surface area contributed by atoms with Gasteiger partial charge >= 0.3 is 0 Å². The minimum atomic E-state index is 0.257. The summed E-state index contributed by atoms with van der Waals surface area (Å²) in [7, 11) is 0. The van der Waals surface area contributed by atoms with E-state index in [9.17, 15) is 0 Å². The van der Waals surface area contributed by atoms with Crippen molar-refractivity contribution in [2.45, 2.75) is 37.7 Å². The smallest absolute Gasteiger partial charge is 0.222 e. The fraction of sp³-hybridized carbons (Fsp3) is 0.417. The van der Waals surface area contributed by atoms with Crippen molar-refractivity contribution in [2.75, 3.05) is 5.73 Å². The molecule has 6 heteroatoms. The molecule has 0 aliphatic carbocycles. The lowest BCUT2D eigenvalue weighted by Crippen LogP contribution is -2.07. The molecule has 96 valence electrons. The minimum absolute atomic E-state index is 0.257. The van der Waals surface area contributed by atoms with Crippen molar-refractivity contribution in [1.29, 1.82) is 0 Å². The van der Waals surface area contributed by atoms with Gasteiger partial charge in [-0.25, -0.2) is 0 Å². The van der Waals surface area contributed by atoms with E-state index in [4.69, 9.17) is 5.73 Å². The fourth-order valence-corrected chi connectivity index (χ4v) is 2.67. The zero-order chi connectivity index (χ0) is 13.1. The van der Waals surface area contributed by atoms with Crippen molar-refractivity contribution >= 4 is 17.7 Å². The first-order valence-electron chi connectivity index (χ1n) is 5.83. The van der Waals surface area contributed by atoms with Gasteiger partial charge < -0.3 is 5.73 Å². The number of hydrogen-bond acceptors (Lipinski definition) is 5. The molecule has 5 nitrogen and oxygen atoms in total. The van der Waals surface area contributed by atoms with Gasteiger partial charge in [-0.3, -0.25) is 9.55 Å². The quantitative estimate of drug-likeness (QED) is 0.858. The highest BCUT2D eigenvalue weighted by Gasteiger charge is 2.12. The monoisotopic (exact) mass is 263 g/mol. The lowest BCUT2D eigenvalue weighted by molar-refractivity contribution is 0.557. The van der Waals surface area contributed by atoms with Gasteiger partial charge in [0.05, 0.1) is 5.69 Å². The molecule has 2 heterocycles. The number of pyridine rings is 1. The van der Waals surface area contributed by atoms with Crippen molar-refractivity contribution in [2.24, 2.45) is 0 Å². The number of aryl methyl sites for hydroxylation is 1. The minimum Gasteiger partial charge on any atom is -0.368 e. The molecule has 18 heavy (non-hydrogen) atoms. The summed E-state index contributed by atoms with van der Waals surface area (Å²) < 4.78 is 1.93. The second kappa shape index (κ2) is 5.39. The Morgan fingerprint density at radius 1 is 1.33 bits per heavy atom. The summed E-state index contributed by atoms with van der Waals surface area (Å²) >= 11 is 1.60. The zero-order valence-electron chi connectivity index (χ0n) is 10.8. The maximum absolute atomic E-state index is 5.80. The number of rotatable bonds is 4. The molecule has 0 bridgehead atoms. The first-order chi connectivity index (χ1) is 8.58. The topological polar surface area (TPSA) is 69.6 Å². The summed E-state index contributed by atoms with van der Waals surface area (Å²) in [6.45, 7) is 6.12. The molecule has 0 spiro atoms. The second-order valence-corrected chi connectivity index (χ2v) is 5.31. The Balaban J connectivity index is 2.11. The molecule has 0 aromatic carbocycles. The van der Waals surface area contributed by atoms with Crippen LogP contribution in [0.5, 0.6) is 0 Å². The van der Waals surface area contributed by atoms with Crippen molar-refractivity contribution in [3.8, 4) is 0 Å². The molecular weight excluding hydrogens is 246 g/mol. The van der Waals surface area contributed by atoms with Gasteiger partial charge in [0.15, 0.2) is 5.16 Å². The SMILES string of the molecule is Cc1cccc(CSc2nnc(N)n2C(C)C)n1. The van der Waals surface area contributed by atoms with E-state index in [-0.39, 0.29) is 6.04 Å². The number of nitrogens with zero attached hydrogens (tertiary/aromatic N) is 4. The number of nitrogens with two attached hydrogens (primary N) is 1. The molecule has 2 N–H and O–H groups in total. The molecule has 0 aliphatic rings. The number of aromatic nitrogens is 4. The van der Waals surface area contributed by atoms with Gasteiger partial charge in [0.1, 0.15) is 0 Å². The van der Waals surface area contributed by atoms with Gasteiger partial charge in [-0.2, -0.15) is 0 Å². The van der Waals surface area contributed by atoms with Crippen molar-refractivity contribution in [1.82, 2.24) is 19.7 Å². The third-order valence-corrected chi connectivity index (χ3v) is 3.48. The van der Waals surface area contributed by atoms with Gasteiger partial charge in [0.2, 0.25) is 5.95 Å². The van der Waals surface area contributed by atoms with Gasteiger partial charge in [-0.15, -0.1) is 10.2 Å². The van der Waals surface area contributed by atoms with E-state index in [2.05, 4.69) is 29.0 Å². The average Bonchev–Trinajstić information content (AvgIpc) is 2.68. The van der Waals surface area contributed by atoms with Gasteiger partial charge in [-0.1, -0.05) is 17.8 Å². The van der Waals surface area contributed by atoms with Crippen LogP contribution < -0.4 is 5.73 Å². The molecule has 2 aromatic rings. The van der Waals surface area contributed by atoms with Crippen molar-refractivity contribution < 1.29 is 0 Å². The largest absolute Gasteiger partial charge is 0.368 e. The summed E-state index contributed by atoms with van der Waals surface area (Å²) in [5.41, 5.74) is 7.86. The Bertz CT molecular complexity index is 535. The van der Waals surface area contributed by atoms with E-state index in [0.29, 0.717) is 5.95 Å². The highest BCUT2D eigenvalue weighted by atomic mass is 32.2. The molecule has 0 aliphatic heterocycles. The standard InChI is InChI=1S/C12H17N5S/c1-8(2)17-11(13)15-16-12(17)18-7-10-6-4-5-9(3)14-10/h4-6,8H,7H2,1-3H3,(H2,13,15). The predicted octanol–water partition coefficient (Wildman–Crippen LogP) is 2.44. The number of nitrogen functional groups attached to an aromatic ring is 1. The molecule has 0 unspecified atom stereocenters. The predicted molar refractivity (Wildman–Crippen MR) is 73.4 cm³/mol. The Morgan fingerprint density at radius 2 is 2.11 bits per heavy atom. The van der Waals surface area contributed by atoms with Crippen LogP contribution in [0.3, 0.4) is 0 Å². The Labute approximate surface area is 111 Å². The normalized spacial score (nSPS) is 11.1. The molecule has 2 aromatic heterocycles. The van der Waals surface area contributed by atoms with E-state index in [0.717, 1.165) is 22.3 Å². The number of hydrogen-bond donors (Lipinski definition) is 1. The lowest BCUT2D eigenvalue weighted by atomic mass is 10.3. The van der Waals surface area contributed by atoms with Crippen LogP contribution in [-0.2, 0) is 5.75 Å². The van der Waals surface area contributed by atoms with Crippen LogP contribution in [0, 0.1) is 6.92 Å². The van der Waals surface area contributed by atoms with E-state index in [1.54, 1.807) is 11.8 Å². The van der Waals surface area contributed by atoms with Crippen molar-refractivity contribution in [3.63, 3.8) is 0 Å². The van der Waals surface area contributed by atoms with Crippen LogP contribution in [0.15, 0.2) is 23.4 Å². The van der Waals surface area contributed by atoms with Crippen LogP contribution in [-0.4, -0.2) is 19.7 Å². The lowest BCUT2D eigenvalue weighted by Gasteiger charge is -2.11. The number of thioether (sulfide) groups is 1. The third-order valence-electron chi connectivity index (χ3n) is 2.50. The van der Waals surface area contributed by atoms with Crippen molar-refractivity contribution in [3.05, 3.63) is 29.6 Å². The average molecular weight is 263 g/mol. The fourth-order valence-electron chi connectivity index (χ4n) is 1.69.